The summed E-state index contributed by atoms with van der Waals surface area (Å²) in [5, 5.41) is 0. The molecule has 1 saturated heterocycles. The Kier molecular flexibility index (Phi) is 6.39. The van der Waals surface area contributed by atoms with Crippen LogP contribution in [0.1, 0.15) is 53.2 Å². The van der Waals surface area contributed by atoms with Gasteiger partial charge in [0.05, 0.1) is 20.3 Å². The van der Waals surface area contributed by atoms with E-state index in [-0.39, 0.29) is 25.0 Å². The smallest absolute Gasteiger partial charge is 0.342 e. The van der Waals surface area contributed by atoms with Crippen LogP contribution in [-0.4, -0.2) is 69.0 Å². The Labute approximate surface area is 182 Å². The van der Waals surface area contributed by atoms with E-state index in [2.05, 4.69) is 4.90 Å². The molecule has 0 aromatic heterocycles. The second-order valence-corrected chi connectivity index (χ2v) is 8.62. The second-order valence-electron chi connectivity index (χ2n) is 8.62. The lowest BCUT2D eigenvalue weighted by Crippen LogP contribution is -2.39. The van der Waals surface area contributed by atoms with Crippen LogP contribution >= 0.6 is 0 Å². The fraction of sp³-hybridized carbons (Fsp3) is 0.652. The molecule has 8 heteroatoms. The Bertz CT molecular complexity index is 862. The van der Waals surface area contributed by atoms with Gasteiger partial charge in [0.15, 0.2) is 0 Å². The highest BCUT2D eigenvalue weighted by Crippen LogP contribution is 2.48. The number of morpholine rings is 1. The number of fused-ring (bicyclic) bond motifs is 3. The zero-order valence-corrected chi connectivity index (χ0v) is 18.6. The number of ether oxygens (including phenoxy) is 5. The summed E-state index contributed by atoms with van der Waals surface area (Å²) in [6.07, 6.45) is 2.22. The lowest BCUT2D eigenvalue weighted by atomic mass is 9.85. The molecule has 8 nitrogen and oxygen atoms in total. The van der Waals surface area contributed by atoms with Crippen molar-refractivity contribution in [3.63, 3.8) is 0 Å². The fourth-order valence-electron chi connectivity index (χ4n) is 4.58. The third-order valence-corrected chi connectivity index (χ3v) is 6.51. The molecular formula is C23H31NO7. The second kappa shape index (κ2) is 9.04. The minimum atomic E-state index is -0.562. The van der Waals surface area contributed by atoms with Gasteiger partial charge in [0.25, 0.3) is 0 Å². The maximum atomic E-state index is 12.4. The number of carbonyl (C=O) groups is 2. The van der Waals surface area contributed by atoms with Crippen LogP contribution < -0.4 is 9.47 Å². The van der Waals surface area contributed by atoms with E-state index in [4.69, 9.17) is 23.7 Å². The van der Waals surface area contributed by atoms with Crippen molar-refractivity contribution in [3.05, 3.63) is 22.3 Å². The van der Waals surface area contributed by atoms with E-state index in [1.807, 2.05) is 13.8 Å². The molecule has 0 saturated carbocycles. The lowest BCUT2D eigenvalue weighted by molar-refractivity contribution is -0.145. The number of esters is 2. The normalized spacial score (nSPS) is 22.9. The van der Waals surface area contributed by atoms with Gasteiger partial charge in [-0.05, 0) is 38.7 Å². The number of hydrogen-bond donors (Lipinski definition) is 0. The van der Waals surface area contributed by atoms with E-state index in [0.717, 1.165) is 61.7 Å². The van der Waals surface area contributed by atoms with Gasteiger partial charge in [0, 0.05) is 37.2 Å². The fourth-order valence-corrected chi connectivity index (χ4v) is 4.58. The van der Waals surface area contributed by atoms with Crippen molar-refractivity contribution in [3.8, 4) is 11.5 Å². The molecule has 0 radical (unpaired) electrons. The van der Waals surface area contributed by atoms with Crippen molar-refractivity contribution in [1.29, 1.82) is 0 Å². The highest BCUT2D eigenvalue weighted by molar-refractivity contribution is 5.98. The first-order chi connectivity index (χ1) is 14.9. The van der Waals surface area contributed by atoms with E-state index >= 15 is 0 Å². The third-order valence-electron chi connectivity index (χ3n) is 6.51. The van der Waals surface area contributed by atoms with E-state index in [1.165, 1.54) is 0 Å². The number of benzene rings is 1. The molecule has 0 amide bonds. The standard InChI is InChI=1S/C23H31NO7/c1-15-17-14-30-22(26)19(17)21-16(20(15)27-3)4-6-23(2,31-21)7-5-18(25)29-13-10-24-8-11-28-12-9-24/h4-14H2,1-3H3. The van der Waals surface area contributed by atoms with E-state index < -0.39 is 5.60 Å². The lowest BCUT2D eigenvalue weighted by Gasteiger charge is -2.37. The summed E-state index contributed by atoms with van der Waals surface area (Å²) in [7, 11) is 1.63. The SMILES string of the molecule is COc1c(C)c2c(c3c1CCC(C)(CCC(=O)OCCN1CCOCC1)O3)C(=O)OC2. The quantitative estimate of drug-likeness (QED) is 0.607. The number of rotatable bonds is 7. The van der Waals surface area contributed by atoms with Gasteiger partial charge in [-0.15, -0.1) is 0 Å². The molecule has 1 aromatic carbocycles. The minimum Gasteiger partial charge on any atom is -0.496 e. The minimum absolute atomic E-state index is 0.227. The van der Waals surface area contributed by atoms with Crippen molar-refractivity contribution in [2.45, 2.75) is 51.7 Å². The van der Waals surface area contributed by atoms with Crippen LogP contribution in [0.2, 0.25) is 0 Å². The number of cyclic esters (lactones) is 1. The van der Waals surface area contributed by atoms with Gasteiger partial charge in [-0.25, -0.2) is 4.79 Å². The van der Waals surface area contributed by atoms with Crippen molar-refractivity contribution < 1.29 is 33.3 Å². The summed E-state index contributed by atoms with van der Waals surface area (Å²) in [6, 6.07) is 0. The van der Waals surface area contributed by atoms with Gasteiger partial charge >= 0.3 is 11.9 Å². The maximum Gasteiger partial charge on any atom is 0.342 e. The summed E-state index contributed by atoms with van der Waals surface area (Å²) >= 11 is 0. The topological polar surface area (TPSA) is 83.5 Å². The van der Waals surface area contributed by atoms with Crippen LogP contribution in [0.4, 0.5) is 0 Å². The van der Waals surface area contributed by atoms with Gasteiger partial charge in [0.1, 0.15) is 35.9 Å². The number of methoxy groups -OCH3 is 1. The van der Waals surface area contributed by atoms with Crippen LogP contribution in [0.3, 0.4) is 0 Å². The molecule has 0 spiro atoms. The summed E-state index contributed by atoms with van der Waals surface area (Å²) in [6.45, 7) is 8.48. The Morgan fingerprint density at radius 3 is 2.74 bits per heavy atom. The molecular weight excluding hydrogens is 402 g/mol. The zero-order chi connectivity index (χ0) is 22.0. The Hall–Kier alpha value is -2.32. The average molecular weight is 434 g/mol. The summed E-state index contributed by atoms with van der Waals surface area (Å²) in [4.78, 5) is 26.9. The molecule has 0 N–H and O–H groups in total. The van der Waals surface area contributed by atoms with Gasteiger partial charge in [-0.2, -0.15) is 0 Å². The highest BCUT2D eigenvalue weighted by atomic mass is 16.5. The molecule has 170 valence electrons. The van der Waals surface area contributed by atoms with Gasteiger partial charge in [-0.1, -0.05) is 0 Å². The first kappa shape index (κ1) is 21.9. The molecule has 0 bridgehead atoms. The molecule has 3 heterocycles. The van der Waals surface area contributed by atoms with Crippen molar-refractivity contribution >= 4 is 11.9 Å². The van der Waals surface area contributed by atoms with Crippen molar-refractivity contribution in [2.24, 2.45) is 0 Å². The largest absolute Gasteiger partial charge is 0.496 e. The van der Waals surface area contributed by atoms with Crippen LogP contribution in [-0.2, 0) is 32.0 Å². The summed E-state index contributed by atoms with van der Waals surface area (Å²) < 4.78 is 28.0. The van der Waals surface area contributed by atoms with Crippen LogP contribution in [0.15, 0.2) is 0 Å². The molecule has 1 unspecified atom stereocenters. The first-order valence-corrected chi connectivity index (χ1v) is 11.0. The molecule has 3 aliphatic heterocycles. The predicted octanol–water partition coefficient (Wildman–Crippen LogP) is 2.41. The Balaban J connectivity index is 1.38. The monoisotopic (exact) mass is 433 g/mol. The van der Waals surface area contributed by atoms with Crippen LogP contribution in [0, 0.1) is 6.92 Å². The summed E-state index contributed by atoms with van der Waals surface area (Å²) in [5.41, 5.74) is 2.61. The number of hydrogen-bond acceptors (Lipinski definition) is 8. The average Bonchev–Trinajstić information content (AvgIpc) is 3.16. The van der Waals surface area contributed by atoms with Gasteiger partial charge in [0.2, 0.25) is 0 Å². The van der Waals surface area contributed by atoms with Crippen molar-refractivity contribution in [1.82, 2.24) is 4.90 Å². The van der Waals surface area contributed by atoms with Crippen LogP contribution in [0.25, 0.3) is 0 Å². The molecule has 4 rings (SSSR count). The van der Waals surface area contributed by atoms with E-state index in [0.29, 0.717) is 30.8 Å². The number of carbonyl (C=O) groups excluding carboxylic acids is 2. The highest BCUT2D eigenvalue weighted by Gasteiger charge is 2.40. The molecule has 1 fully saturated rings. The van der Waals surface area contributed by atoms with Gasteiger partial charge in [-0.3, -0.25) is 9.69 Å². The first-order valence-electron chi connectivity index (χ1n) is 11.0. The van der Waals surface area contributed by atoms with Crippen molar-refractivity contribution in [2.75, 3.05) is 46.6 Å². The summed E-state index contributed by atoms with van der Waals surface area (Å²) in [5.74, 6) is 0.727. The molecule has 3 aliphatic rings. The van der Waals surface area contributed by atoms with Crippen LogP contribution in [0.5, 0.6) is 11.5 Å². The Morgan fingerprint density at radius 1 is 1.23 bits per heavy atom. The molecule has 1 atom stereocenters. The molecule has 31 heavy (non-hydrogen) atoms. The van der Waals surface area contributed by atoms with E-state index in [9.17, 15) is 9.59 Å². The maximum absolute atomic E-state index is 12.4. The number of nitrogens with zero attached hydrogens (tertiary/aromatic N) is 1. The van der Waals surface area contributed by atoms with Gasteiger partial charge < -0.3 is 23.7 Å². The molecule has 0 aliphatic carbocycles. The molecule has 1 aromatic rings. The Morgan fingerprint density at radius 2 is 2.00 bits per heavy atom. The predicted molar refractivity (Wildman–Crippen MR) is 112 cm³/mol. The zero-order valence-electron chi connectivity index (χ0n) is 18.6. The third kappa shape index (κ3) is 4.50. The van der Waals surface area contributed by atoms with E-state index in [1.54, 1.807) is 7.11 Å².